The summed E-state index contributed by atoms with van der Waals surface area (Å²) in [6.07, 6.45) is 0.649. The normalized spacial score (nSPS) is 10.5. The third kappa shape index (κ3) is 5.27. The number of para-hydroxylation sites is 1. The lowest BCUT2D eigenvalue weighted by molar-refractivity contribution is -0.422. The van der Waals surface area contributed by atoms with Gasteiger partial charge >= 0.3 is 11.4 Å². The molecule has 0 aliphatic heterocycles. The zero-order valence-corrected chi connectivity index (χ0v) is 17.8. The zero-order valence-electron chi connectivity index (χ0n) is 17.8. The maximum atomic E-state index is 13.4. The van der Waals surface area contributed by atoms with Crippen LogP contribution in [-0.2, 0) is 6.42 Å². The second-order valence-electron chi connectivity index (χ2n) is 7.20. The maximum absolute atomic E-state index is 13.4. The number of amides is 1. The van der Waals surface area contributed by atoms with Gasteiger partial charge in [-0.25, -0.2) is 0 Å². The molecule has 9 nitrogen and oxygen atoms in total. The number of rotatable bonds is 9. The third-order valence-electron chi connectivity index (χ3n) is 5.18. The number of nitro benzene ring substituents is 2. The minimum absolute atomic E-state index is 0.0306. The van der Waals surface area contributed by atoms with Crippen molar-refractivity contribution in [3.8, 4) is 0 Å². The van der Waals surface area contributed by atoms with E-state index in [-0.39, 0.29) is 24.3 Å². The molecule has 0 aliphatic carbocycles. The summed E-state index contributed by atoms with van der Waals surface area (Å²) in [5.41, 5.74) is 0.401. The van der Waals surface area contributed by atoms with Gasteiger partial charge in [-0.2, -0.15) is 0 Å². The first-order valence-corrected chi connectivity index (χ1v) is 10.2. The molecule has 0 aromatic heterocycles. The van der Waals surface area contributed by atoms with E-state index in [0.717, 1.165) is 17.7 Å². The minimum atomic E-state index is -0.891. The van der Waals surface area contributed by atoms with Crippen molar-refractivity contribution in [1.29, 1.82) is 0 Å². The van der Waals surface area contributed by atoms with Crippen molar-refractivity contribution in [3.63, 3.8) is 0 Å². The van der Waals surface area contributed by atoms with E-state index in [1.165, 1.54) is 11.0 Å². The van der Waals surface area contributed by atoms with E-state index in [9.17, 15) is 29.8 Å². The summed E-state index contributed by atoms with van der Waals surface area (Å²) in [6, 6.07) is 18.9. The number of hydrogen-bond acceptors (Lipinski definition) is 6. The SMILES string of the molecule is CCc1ccccc1N(CCC(=O)c1ccccc1)C(=O)c1ccc([N+](=O)[O-])c([N+](=O)[O-])c1. The molecule has 0 radical (unpaired) electrons. The smallest absolute Gasteiger partial charge is 0.308 e. The van der Waals surface area contributed by atoms with Crippen LogP contribution in [0.15, 0.2) is 72.8 Å². The van der Waals surface area contributed by atoms with E-state index < -0.39 is 27.1 Å². The van der Waals surface area contributed by atoms with E-state index in [2.05, 4.69) is 0 Å². The van der Waals surface area contributed by atoms with Crippen molar-refractivity contribution < 1.29 is 19.4 Å². The number of aryl methyl sites for hydroxylation is 1. The Morgan fingerprint density at radius 1 is 0.818 bits per heavy atom. The first-order valence-electron chi connectivity index (χ1n) is 10.2. The van der Waals surface area contributed by atoms with E-state index >= 15 is 0 Å². The molecule has 0 aliphatic rings. The molecule has 0 unspecified atom stereocenters. The molecule has 0 spiro atoms. The summed E-state index contributed by atoms with van der Waals surface area (Å²) in [6.45, 7) is 1.96. The maximum Gasteiger partial charge on any atom is 0.346 e. The highest BCUT2D eigenvalue weighted by molar-refractivity contribution is 6.08. The molecule has 3 rings (SSSR count). The molecule has 1 amide bonds. The Bertz CT molecular complexity index is 1210. The molecule has 33 heavy (non-hydrogen) atoms. The molecule has 0 saturated carbocycles. The van der Waals surface area contributed by atoms with Crippen LogP contribution in [-0.4, -0.2) is 28.1 Å². The van der Waals surface area contributed by atoms with Crippen molar-refractivity contribution in [1.82, 2.24) is 0 Å². The van der Waals surface area contributed by atoms with Crippen LogP contribution in [0, 0.1) is 20.2 Å². The molecular formula is C24H21N3O6. The summed E-state index contributed by atoms with van der Waals surface area (Å²) in [5, 5.41) is 22.5. The summed E-state index contributed by atoms with van der Waals surface area (Å²) in [7, 11) is 0. The second-order valence-corrected chi connectivity index (χ2v) is 7.20. The Morgan fingerprint density at radius 3 is 2.09 bits per heavy atom. The summed E-state index contributed by atoms with van der Waals surface area (Å²) >= 11 is 0. The first-order chi connectivity index (χ1) is 15.8. The van der Waals surface area contributed by atoms with Crippen LogP contribution in [0.1, 0.15) is 39.6 Å². The van der Waals surface area contributed by atoms with E-state index in [0.29, 0.717) is 17.7 Å². The Labute approximate surface area is 189 Å². The van der Waals surface area contributed by atoms with Gasteiger partial charge in [0, 0.05) is 41.9 Å². The number of ketones is 1. The number of hydrogen-bond donors (Lipinski definition) is 0. The van der Waals surface area contributed by atoms with Gasteiger partial charge in [0.15, 0.2) is 5.78 Å². The van der Waals surface area contributed by atoms with Crippen molar-refractivity contribution in [2.45, 2.75) is 19.8 Å². The summed E-state index contributed by atoms with van der Waals surface area (Å²) in [4.78, 5) is 48.2. The molecule has 0 atom stereocenters. The monoisotopic (exact) mass is 447 g/mol. The third-order valence-corrected chi connectivity index (χ3v) is 5.18. The standard InChI is InChI=1S/C24H21N3O6/c1-2-17-8-6-7-11-20(17)25(15-14-23(28)18-9-4-3-5-10-18)24(29)19-12-13-21(26(30)31)22(16-19)27(32)33/h3-13,16H,2,14-15H2,1H3. The van der Waals surface area contributed by atoms with Gasteiger partial charge < -0.3 is 4.90 Å². The molecule has 0 heterocycles. The van der Waals surface area contributed by atoms with Gasteiger partial charge in [0.05, 0.1) is 9.85 Å². The summed E-state index contributed by atoms with van der Waals surface area (Å²) < 4.78 is 0. The zero-order chi connectivity index (χ0) is 24.0. The molecular weight excluding hydrogens is 426 g/mol. The number of nitrogens with zero attached hydrogens (tertiary/aromatic N) is 3. The van der Waals surface area contributed by atoms with Crippen LogP contribution in [0.4, 0.5) is 17.1 Å². The number of anilines is 1. The topological polar surface area (TPSA) is 124 Å². The lowest BCUT2D eigenvalue weighted by Gasteiger charge is -2.25. The van der Waals surface area contributed by atoms with E-state index in [4.69, 9.17) is 0 Å². The molecule has 0 fully saturated rings. The second kappa shape index (κ2) is 10.3. The van der Waals surface area contributed by atoms with Gasteiger partial charge in [0.2, 0.25) is 0 Å². The molecule has 168 valence electrons. The van der Waals surface area contributed by atoms with Gasteiger partial charge in [0.1, 0.15) is 0 Å². The summed E-state index contributed by atoms with van der Waals surface area (Å²) in [5.74, 6) is -0.744. The van der Waals surface area contributed by atoms with Gasteiger partial charge in [0.25, 0.3) is 5.91 Å². The van der Waals surface area contributed by atoms with Crippen LogP contribution in [0.5, 0.6) is 0 Å². The molecule has 0 bridgehead atoms. The molecule has 0 saturated heterocycles. The average Bonchev–Trinajstić information content (AvgIpc) is 2.84. The average molecular weight is 447 g/mol. The molecule has 0 N–H and O–H groups in total. The van der Waals surface area contributed by atoms with Crippen molar-refractivity contribution in [3.05, 3.63) is 110 Å². The number of benzene rings is 3. The highest BCUT2D eigenvalue weighted by Crippen LogP contribution is 2.30. The van der Waals surface area contributed by atoms with Gasteiger partial charge in [-0.05, 0) is 24.1 Å². The predicted octanol–water partition coefficient (Wildman–Crippen LogP) is 4.99. The van der Waals surface area contributed by atoms with Crippen molar-refractivity contribution in [2.24, 2.45) is 0 Å². The fourth-order valence-corrected chi connectivity index (χ4v) is 3.50. The van der Waals surface area contributed by atoms with Crippen molar-refractivity contribution in [2.75, 3.05) is 11.4 Å². The molecule has 3 aromatic rings. The van der Waals surface area contributed by atoms with Crippen LogP contribution in [0.25, 0.3) is 0 Å². The highest BCUT2D eigenvalue weighted by atomic mass is 16.6. The van der Waals surface area contributed by atoms with E-state index in [1.54, 1.807) is 42.5 Å². The van der Waals surface area contributed by atoms with Crippen LogP contribution in [0.3, 0.4) is 0 Å². The Balaban J connectivity index is 1.99. The Morgan fingerprint density at radius 2 is 1.45 bits per heavy atom. The number of carbonyl (C=O) groups excluding carboxylic acids is 2. The van der Waals surface area contributed by atoms with Crippen LogP contribution < -0.4 is 4.90 Å². The quantitative estimate of drug-likeness (QED) is 0.259. The largest absolute Gasteiger partial charge is 0.346 e. The van der Waals surface area contributed by atoms with Gasteiger partial charge in [-0.3, -0.25) is 29.8 Å². The lowest BCUT2D eigenvalue weighted by Crippen LogP contribution is -2.34. The van der Waals surface area contributed by atoms with Gasteiger partial charge in [-0.15, -0.1) is 0 Å². The molecule has 3 aromatic carbocycles. The Hall–Kier alpha value is -4.40. The minimum Gasteiger partial charge on any atom is -0.308 e. The van der Waals surface area contributed by atoms with Crippen LogP contribution in [0.2, 0.25) is 0 Å². The van der Waals surface area contributed by atoms with Crippen molar-refractivity contribution >= 4 is 28.8 Å². The fourth-order valence-electron chi connectivity index (χ4n) is 3.50. The number of Topliss-reactive ketones (excluding diaryl/α,β-unsaturated/α-hetero) is 1. The number of nitro groups is 2. The Kier molecular flexibility index (Phi) is 7.24. The van der Waals surface area contributed by atoms with Gasteiger partial charge in [-0.1, -0.05) is 55.5 Å². The first kappa shape index (κ1) is 23.3. The fraction of sp³-hybridized carbons (Fsp3) is 0.167. The predicted molar refractivity (Wildman–Crippen MR) is 123 cm³/mol. The number of carbonyl (C=O) groups is 2. The van der Waals surface area contributed by atoms with Crippen LogP contribution >= 0.6 is 0 Å². The van der Waals surface area contributed by atoms with E-state index in [1.807, 2.05) is 19.1 Å². The lowest BCUT2D eigenvalue weighted by atomic mass is 10.0. The molecule has 9 heteroatoms. The highest BCUT2D eigenvalue weighted by Gasteiger charge is 2.28.